The van der Waals surface area contributed by atoms with Crippen molar-refractivity contribution in [2.75, 3.05) is 6.61 Å². The Morgan fingerprint density at radius 2 is 2.28 bits per heavy atom. The van der Waals surface area contributed by atoms with Crippen molar-refractivity contribution in [3.05, 3.63) is 42.4 Å². The lowest BCUT2D eigenvalue weighted by Crippen LogP contribution is -2.67. The molecule has 2 amide bonds. The lowest BCUT2D eigenvalue weighted by Gasteiger charge is -2.54. The lowest BCUT2D eigenvalue weighted by molar-refractivity contribution is -0.108. The van der Waals surface area contributed by atoms with Crippen LogP contribution in [0, 0.1) is 11.3 Å². The summed E-state index contributed by atoms with van der Waals surface area (Å²) in [4.78, 5) is 16.8. The number of aromatic nitrogens is 3. The predicted octanol–water partition coefficient (Wildman–Crippen LogP) is 1.88. The van der Waals surface area contributed by atoms with Crippen molar-refractivity contribution >= 4 is 6.03 Å². The largest absolute Gasteiger partial charge is 0.377 e. The molecule has 4 rings (SSSR count). The molecule has 2 aromatic heterocycles. The van der Waals surface area contributed by atoms with E-state index in [1.54, 1.807) is 17.1 Å². The first-order chi connectivity index (χ1) is 12.1. The van der Waals surface area contributed by atoms with Crippen LogP contribution < -0.4 is 10.6 Å². The molecule has 2 aromatic rings. The molecule has 7 nitrogen and oxygen atoms in total. The zero-order chi connectivity index (χ0) is 17.4. The third-order valence-corrected chi connectivity index (χ3v) is 5.42. The van der Waals surface area contributed by atoms with Gasteiger partial charge in [-0.05, 0) is 18.6 Å². The first kappa shape index (κ1) is 16.1. The maximum absolute atomic E-state index is 12.4. The number of amides is 2. The quantitative estimate of drug-likeness (QED) is 0.890. The Morgan fingerprint density at radius 3 is 3.08 bits per heavy atom. The first-order valence-electron chi connectivity index (χ1n) is 8.67. The van der Waals surface area contributed by atoms with Crippen molar-refractivity contribution in [1.29, 1.82) is 0 Å². The molecule has 3 heterocycles. The molecule has 7 heteroatoms. The Morgan fingerprint density at radius 1 is 1.40 bits per heavy atom. The molecular weight excluding hydrogens is 318 g/mol. The third-order valence-electron chi connectivity index (χ3n) is 5.42. The number of urea groups is 1. The van der Waals surface area contributed by atoms with E-state index in [1.807, 2.05) is 24.4 Å². The Labute approximate surface area is 146 Å². The molecule has 1 saturated carbocycles. The van der Waals surface area contributed by atoms with Crippen LogP contribution in [0.4, 0.5) is 4.79 Å². The summed E-state index contributed by atoms with van der Waals surface area (Å²) >= 11 is 0. The van der Waals surface area contributed by atoms with E-state index in [0.717, 1.165) is 24.4 Å². The number of carbonyl (C=O) groups is 1. The maximum Gasteiger partial charge on any atom is 0.315 e. The van der Waals surface area contributed by atoms with Gasteiger partial charge in [-0.15, -0.1) is 0 Å². The second-order valence-electron chi connectivity index (χ2n) is 7.31. The monoisotopic (exact) mass is 341 g/mol. The maximum atomic E-state index is 12.4. The first-order valence-corrected chi connectivity index (χ1v) is 8.67. The minimum Gasteiger partial charge on any atom is -0.377 e. The second-order valence-corrected chi connectivity index (χ2v) is 7.31. The van der Waals surface area contributed by atoms with Gasteiger partial charge in [0.25, 0.3) is 0 Å². The second kappa shape index (κ2) is 6.15. The highest BCUT2D eigenvalue weighted by Gasteiger charge is 2.59. The van der Waals surface area contributed by atoms with Crippen molar-refractivity contribution in [2.45, 2.75) is 39.0 Å². The van der Waals surface area contributed by atoms with Crippen molar-refractivity contribution < 1.29 is 9.53 Å². The number of ether oxygens (including phenoxy) is 1. The number of hydrogen-bond donors (Lipinski definition) is 2. The summed E-state index contributed by atoms with van der Waals surface area (Å²) < 4.78 is 7.47. The Kier molecular flexibility index (Phi) is 3.95. The molecule has 1 saturated heterocycles. The zero-order valence-electron chi connectivity index (χ0n) is 14.5. The molecule has 1 aliphatic heterocycles. The van der Waals surface area contributed by atoms with Gasteiger partial charge in [-0.25, -0.2) is 14.5 Å². The molecule has 2 fully saturated rings. The smallest absolute Gasteiger partial charge is 0.315 e. The molecule has 25 heavy (non-hydrogen) atoms. The van der Waals surface area contributed by atoms with Crippen LogP contribution in [0.15, 0.2) is 36.8 Å². The summed E-state index contributed by atoms with van der Waals surface area (Å²) in [6, 6.07) is 5.64. The van der Waals surface area contributed by atoms with Gasteiger partial charge in [0.15, 0.2) is 5.82 Å². The minimum atomic E-state index is -0.154. The molecule has 0 radical (unpaired) electrons. The highest BCUT2D eigenvalue weighted by atomic mass is 16.5. The van der Waals surface area contributed by atoms with Crippen molar-refractivity contribution in [3.8, 4) is 5.82 Å². The van der Waals surface area contributed by atoms with Crippen LogP contribution in [-0.4, -0.2) is 39.5 Å². The van der Waals surface area contributed by atoms with Crippen LogP contribution in [-0.2, 0) is 11.3 Å². The third kappa shape index (κ3) is 2.78. The fourth-order valence-corrected chi connectivity index (χ4v) is 4.15. The van der Waals surface area contributed by atoms with Gasteiger partial charge in [0, 0.05) is 54.7 Å². The molecule has 3 atom stereocenters. The van der Waals surface area contributed by atoms with E-state index < -0.39 is 0 Å². The van der Waals surface area contributed by atoms with E-state index >= 15 is 0 Å². The normalized spacial score (nSPS) is 26.6. The Balaban J connectivity index is 1.39. The molecule has 2 aliphatic rings. The minimum absolute atomic E-state index is 0.0208. The molecule has 2 N–H and O–H groups in total. The van der Waals surface area contributed by atoms with E-state index in [2.05, 4.69) is 34.6 Å². The van der Waals surface area contributed by atoms with Gasteiger partial charge in [-0.1, -0.05) is 19.9 Å². The highest BCUT2D eigenvalue weighted by molar-refractivity contribution is 5.74. The highest BCUT2D eigenvalue weighted by Crippen LogP contribution is 2.52. The molecule has 0 unspecified atom stereocenters. The number of carbonyl (C=O) groups excluding carboxylic acids is 1. The number of rotatable bonds is 4. The number of nitrogens with zero attached hydrogens (tertiary/aromatic N) is 3. The summed E-state index contributed by atoms with van der Waals surface area (Å²) in [5, 5.41) is 10.3. The van der Waals surface area contributed by atoms with E-state index in [9.17, 15) is 4.79 Å². The van der Waals surface area contributed by atoms with Crippen LogP contribution in [0.1, 0.15) is 25.8 Å². The molecule has 132 valence electrons. The molecule has 0 aromatic carbocycles. The van der Waals surface area contributed by atoms with Gasteiger partial charge in [0.1, 0.15) is 0 Å². The van der Waals surface area contributed by atoms with Gasteiger partial charge < -0.3 is 15.4 Å². The van der Waals surface area contributed by atoms with Gasteiger partial charge >= 0.3 is 6.03 Å². The van der Waals surface area contributed by atoms with Crippen LogP contribution in [0.25, 0.3) is 5.82 Å². The van der Waals surface area contributed by atoms with Gasteiger partial charge in [0.2, 0.25) is 0 Å². The summed E-state index contributed by atoms with van der Waals surface area (Å²) in [6.07, 6.45) is 6.55. The van der Waals surface area contributed by atoms with Crippen molar-refractivity contribution in [2.24, 2.45) is 11.3 Å². The lowest BCUT2D eigenvalue weighted by atomic mass is 9.57. The van der Waals surface area contributed by atoms with Crippen LogP contribution in [0.2, 0.25) is 0 Å². The van der Waals surface area contributed by atoms with Gasteiger partial charge in [-0.2, -0.15) is 5.10 Å². The number of fused-ring (bicyclic) bond motifs is 1. The predicted molar refractivity (Wildman–Crippen MR) is 92.1 cm³/mol. The fourth-order valence-electron chi connectivity index (χ4n) is 4.15. The van der Waals surface area contributed by atoms with Crippen molar-refractivity contribution in [1.82, 2.24) is 25.4 Å². The molecular formula is C18H23N5O2. The number of pyridine rings is 1. The summed E-state index contributed by atoms with van der Waals surface area (Å²) in [5.74, 6) is 1.15. The van der Waals surface area contributed by atoms with Crippen LogP contribution in [0.5, 0.6) is 0 Å². The molecule has 0 bridgehead atoms. The molecule has 0 spiro atoms. The van der Waals surface area contributed by atoms with Crippen LogP contribution >= 0.6 is 0 Å². The fraction of sp³-hybridized carbons (Fsp3) is 0.500. The average Bonchev–Trinajstić information content (AvgIpc) is 3.28. The van der Waals surface area contributed by atoms with Gasteiger partial charge in [0.05, 0.1) is 6.10 Å². The van der Waals surface area contributed by atoms with E-state index in [4.69, 9.17) is 4.74 Å². The van der Waals surface area contributed by atoms with E-state index in [1.165, 1.54) is 0 Å². The Bertz CT molecular complexity index is 759. The average molecular weight is 341 g/mol. The van der Waals surface area contributed by atoms with Crippen LogP contribution in [0.3, 0.4) is 0 Å². The topological polar surface area (TPSA) is 81.1 Å². The standard InChI is InChI=1S/C18H23N5O2/c1-18(2)14(13-6-10-25-15(13)18)22-17(24)20-11-12-5-3-7-19-16(12)23-9-4-8-21-23/h3-5,7-9,13-15H,6,10-11H2,1-2H3,(H2,20,22,24)/t13-,14+,15-/m0/s1. The van der Waals surface area contributed by atoms with E-state index in [-0.39, 0.29) is 23.6 Å². The molecule has 1 aliphatic carbocycles. The van der Waals surface area contributed by atoms with Crippen molar-refractivity contribution in [3.63, 3.8) is 0 Å². The van der Waals surface area contributed by atoms with E-state index in [0.29, 0.717) is 12.5 Å². The summed E-state index contributed by atoms with van der Waals surface area (Å²) in [5.41, 5.74) is 0.892. The zero-order valence-corrected chi connectivity index (χ0v) is 14.5. The Hall–Kier alpha value is -2.41. The number of nitrogens with one attached hydrogen (secondary N) is 2. The SMILES string of the molecule is CC1(C)[C@H](NC(=O)NCc2cccnc2-n2cccn2)[C@@H]2CCO[C@@H]21. The van der Waals surface area contributed by atoms with Gasteiger partial charge in [-0.3, -0.25) is 0 Å². The summed E-state index contributed by atoms with van der Waals surface area (Å²) in [7, 11) is 0. The number of hydrogen-bond acceptors (Lipinski definition) is 4. The summed E-state index contributed by atoms with van der Waals surface area (Å²) in [6.45, 7) is 5.50.